The molecular formula is C25H28N4O3S. The molecule has 1 saturated heterocycles. The average Bonchev–Trinajstić information content (AvgIpc) is 3.59. The standard InChI is InChI=1S/C25H28N4O3S/c1-31-21-11-8-18(9-12-21)24-27-28-25(29(24)15-22-6-3-13-32-22)33-16-23(30)26-20-10-7-17-4-2-5-19(17)14-20/h7-12,14,22H,2-6,13,15-16H2,1H3,(H,26,30). The number of amides is 1. The van der Waals surface area contributed by atoms with Crippen LogP contribution in [0.15, 0.2) is 47.6 Å². The molecule has 5 rings (SSSR count). The Morgan fingerprint density at radius 3 is 2.79 bits per heavy atom. The largest absolute Gasteiger partial charge is 0.497 e. The molecule has 1 atom stereocenters. The first-order chi connectivity index (χ1) is 16.2. The number of aromatic nitrogens is 3. The van der Waals surface area contributed by atoms with Gasteiger partial charge < -0.3 is 14.8 Å². The predicted molar refractivity (Wildman–Crippen MR) is 129 cm³/mol. The lowest BCUT2D eigenvalue weighted by Crippen LogP contribution is -2.18. The van der Waals surface area contributed by atoms with Gasteiger partial charge in [0, 0.05) is 17.9 Å². The number of hydrogen-bond donors (Lipinski definition) is 1. The number of thioether (sulfide) groups is 1. The van der Waals surface area contributed by atoms with E-state index in [9.17, 15) is 4.79 Å². The summed E-state index contributed by atoms with van der Waals surface area (Å²) in [6.45, 7) is 1.46. The highest BCUT2D eigenvalue weighted by atomic mass is 32.2. The van der Waals surface area contributed by atoms with E-state index in [1.165, 1.54) is 29.3 Å². The predicted octanol–water partition coefficient (Wildman–Crippen LogP) is 4.35. The van der Waals surface area contributed by atoms with Crippen molar-refractivity contribution in [1.82, 2.24) is 14.8 Å². The monoisotopic (exact) mass is 464 g/mol. The van der Waals surface area contributed by atoms with Crippen molar-refractivity contribution in [3.63, 3.8) is 0 Å². The zero-order valence-corrected chi connectivity index (χ0v) is 19.6. The number of aryl methyl sites for hydroxylation is 2. The van der Waals surface area contributed by atoms with Crippen LogP contribution in [0, 0.1) is 0 Å². The molecule has 1 aliphatic heterocycles. The number of carbonyl (C=O) groups is 1. The van der Waals surface area contributed by atoms with Crippen LogP contribution in [0.5, 0.6) is 5.75 Å². The number of nitrogens with zero attached hydrogens (tertiary/aromatic N) is 3. The van der Waals surface area contributed by atoms with Crippen LogP contribution in [-0.2, 0) is 28.9 Å². The Balaban J connectivity index is 1.30. The van der Waals surface area contributed by atoms with Gasteiger partial charge in [-0.3, -0.25) is 9.36 Å². The molecule has 33 heavy (non-hydrogen) atoms. The lowest BCUT2D eigenvalue weighted by molar-refractivity contribution is -0.113. The molecule has 2 aliphatic rings. The SMILES string of the molecule is COc1ccc(-c2nnc(SCC(=O)Nc3ccc4c(c3)CCC4)n2CC2CCCO2)cc1. The molecular weight excluding hydrogens is 436 g/mol. The zero-order valence-electron chi connectivity index (χ0n) is 18.8. The Bertz CT molecular complexity index is 1120. The fourth-order valence-corrected chi connectivity index (χ4v) is 5.23. The summed E-state index contributed by atoms with van der Waals surface area (Å²) in [6, 6.07) is 14.0. The molecule has 1 aliphatic carbocycles. The van der Waals surface area contributed by atoms with E-state index in [0.29, 0.717) is 6.54 Å². The Kier molecular flexibility index (Phi) is 6.64. The minimum atomic E-state index is -0.0457. The zero-order chi connectivity index (χ0) is 22.6. The first-order valence-corrected chi connectivity index (χ1v) is 12.4. The molecule has 7 nitrogen and oxygen atoms in total. The van der Waals surface area contributed by atoms with Crippen molar-refractivity contribution in [2.75, 3.05) is 24.8 Å². The van der Waals surface area contributed by atoms with Crippen molar-refractivity contribution >= 4 is 23.4 Å². The topological polar surface area (TPSA) is 78.3 Å². The Morgan fingerprint density at radius 1 is 1.15 bits per heavy atom. The van der Waals surface area contributed by atoms with E-state index >= 15 is 0 Å². The summed E-state index contributed by atoms with van der Waals surface area (Å²) in [4.78, 5) is 12.7. The van der Waals surface area contributed by atoms with Crippen LogP contribution in [0.25, 0.3) is 11.4 Å². The minimum Gasteiger partial charge on any atom is -0.497 e. The van der Waals surface area contributed by atoms with Crippen molar-refractivity contribution in [2.24, 2.45) is 0 Å². The van der Waals surface area contributed by atoms with Gasteiger partial charge in [0.15, 0.2) is 11.0 Å². The van der Waals surface area contributed by atoms with E-state index in [-0.39, 0.29) is 17.8 Å². The van der Waals surface area contributed by atoms with Gasteiger partial charge in [0.05, 0.1) is 25.5 Å². The second-order valence-corrected chi connectivity index (χ2v) is 9.40. The fourth-order valence-electron chi connectivity index (χ4n) is 4.48. The molecule has 0 radical (unpaired) electrons. The lowest BCUT2D eigenvalue weighted by Gasteiger charge is -2.15. The molecule has 2 aromatic carbocycles. The number of carbonyl (C=O) groups excluding carboxylic acids is 1. The third-order valence-electron chi connectivity index (χ3n) is 6.19. The van der Waals surface area contributed by atoms with E-state index in [2.05, 4.69) is 32.2 Å². The molecule has 0 spiro atoms. The normalized spacial score (nSPS) is 17.2. The smallest absolute Gasteiger partial charge is 0.234 e. The second-order valence-electron chi connectivity index (χ2n) is 8.45. The number of hydrogen-bond acceptors (Lipinski definition) is 6. The number of benzene rings is 2. The number of ether oxygens (including phenoxy) is 2. The van der Waals surface area contributed by atoms with Crippen molar-refractivity contribution in [2.45, 2.75) is 49.9 Å². The van der Waals surface area contributed by atoms with Gasteiger partial charge in [-0.15, -0.1) is 10.2 Å². The van der Waals surface area contributed by atoms with Gasteiger partial charge in [0.25, 0.3) is 0 Å². The molecule has 1 N–H and O–H groups in total. The fraction of sp³-hybridized carbons (Fsp3) is 0.400. The van der Waals surface area contributed by atoms with E-state index in [1.54, 1.807) is 7.11 Å². The number of nitrogens with one attached hydrogen (secondary N) is 1. The van der Waals surface area contributed by atoms with Crippen LogP contribution in [0.1, 0.15) is 30.4 Å². The molecule has 2 heterocycles. The van der Waals surface area contributed by atoms with Crippen LogP contribution < -0.4 is 10.1 Å². The maximum absolute atomic E-state index is 12.7. The van der Waals surface area contributed by atoms with Crippen LogP contribution >= 0.6 is 11.8 Å². The summed E-state index contributed by atoms with van der Waals surface area (Å²) in [5, 5.41) is 12.6. The van der Waals surface area contributed by atoms with Gasteiger partial charge >= 0.3 is 0 Å². The van der Waals surface area contributed by atoms with Crippen molar-refractivity contribution in [3.05, 3.63) is 53.6 Å². The Morgan fingerprint density at radius 2 is 2.00 bits per heavy atom. The van der Waals surface area contributed by atoms with E-state index in [4.69, 9.17) is 9.47 Å². The molecule has 3 aromatic rings. The lowest BCUT2D eigenvalue weighted by atomic mass is 10.1. The third kappa shape index (κ3) is 5.07. The molecule has 1 aromatic heterocycles. The van der Waals surface area contributed by atoms with Gasteiger partial charge in [-0.25, -0.2) is 0 Å². The highest BCUT2D eigenvalue weighted by molar-refractivity contribution is 7.99. The average molecular weight is 465 g/mol. The van der Waals surface area contributed by atoms with Gasteiger partial charge in [-0.2, -0.15) is 0 Å². The van der Waals surface area contributed by atoms with E-state index in [0.717, 1.165) is 60.3 Å². The first-order valence-electron chi connectivity index (χ1n) is 11.4. The number of rotatable bonds is 8. The van der Waals surface area contributed by atoms with Crippen LogP contribution in [0.3, 0.4) is 0 Å². The second kappa shape index (κ2) is 9.97. The summed E-state index contributed by atoms with van der Waals surface area (Å²) < 4.78 is 13.2. The summed E-state index contributed by atoms with van der Waals surface area (Å²) >= 11 is 1.40. The Hall–Kier alpha value is -2.84. The highest BCUT2D eigenvalue weighted by Crippen LogP contribution is 2.28. The van der Waals surface area contributed by atoms with Crippen LogP contribution in [-0.4, -0.2) is 46.2 Å². The van der Waals surface area contributed by atoms with Gasteiger partial charge in [-0.05, 0) is 79.6 Å². The van der Waals surface area contributed by atoms with Crippen molar-refractivity contribution < 1.29 is 14.3 Å². The Labute approximate surface area is 197 Å². The summed E-state index contributed by atoms with van der Waals surface area (Å²) in [5.41, 5.74) is 4.56. The highest BCUT2D eigenvalue weighted by Gasteiger charge is 2.22. The molecule has 1 fully saturated rings. The summed E-state index contributed by atoms with van der Waals surface area (Å²) in [5.74, 6) is 1.79. The van der Waals surface area contributed by atoms with Gasteiger partial charge in [0.1, 0.15) is 5.75 Å². The summed E-state index contributed by atoms with van der Waals surface area (Å²) in [7, 11) is 1.65. The van der Waals surface area contributed by atoms with Crippen LogP contribution in [0.2, 0.25) is 0 Å². The number of anilines is 1. The van der Waals surface area contributed by atoms with Gasteiger partial charge in [0.2, 0.25) is 5.91 Å². The quantitative estimate of drug-likeness (QED) is 0.500. The first kappa shape index (κ1) is 22.0. The molecule has 0 bridgehead atoms. The molecule has 8 heteroatoms. The maximum atomic E-state index is 12.7. The number of fused-ring (bicyclic) bond motifs is 1. The molecule has 172 valence electrons. The number of methoxy groups -OCH3 is 1. The minimum absolute atomic E-state index is 0.0457. The molecule has 0 saturated carbocycles. The molecule has 1 unspecified atom stereocenters. The van der Waals surface area contributed by atoms with Gasteiger partial charge in [-0.1, -0.05) is 17.8 Å². The van der Waals surface area contributed by atoms with E-state index < -0.39 is 0 Å². The van der Waals surface area contributed by atoms with Crippen LogP contribution in [0.4, 0.5) is 5.69 Å². The third-order valence-corrected chi connectivity index (χ3v) is 7.16. The summed E-state index contributed by atoms with van der Waals surface area (Å²) in [6.07, 6.45) is 5.64. The molecule has 1 amide bonds. The van der Waals surface area contributed by atoms with E-state index in [1.807, 2.05) is 30.3 Å². The maximum Gasteiger partial charge on any atom is 0.234 e. The van der Waals surface area contributed by atoms with Crippen molar-refractivity contribution in [3.8, 4) is 17.1 Å². The van der Waals surface area contributed by atoms with Crippen molar-refractivity contribution in [1.29, 1.82) is 0 Å².